The van der Waals surface area contributed by atoms with Gasteiger partial charge in [0.05, 0.1) is 13.2 Å². The molecule has 0 aromatic heterocycles. The van der Waals surface area contributed by atoms with Gasteiger partial charge in [0.2, 0.25) is 5.91 Å². The lowest BCUT2D eigenvalue weighted by Crippen LogP contribution is -2.44. The molecule has 0 bridgehead atoms. The zero-order valence-electron chi connectivity index (χ0n) is 7.79. The Hall–Kier alpha value is -0.610. The van der Waals surface area contributed by atoms with E-state index < -0.39 is 0 Å². The summed E-state index contributed by atoms with van der Waals surface area (Å²) in [7, 11) is 0. The Morgan fingerprint density at radius 3 is 2.85 bits per heavy atom. The van der Waals surface area contributed by atoms with Crippen LogP contribution in [0.15, 0.2) is 0 Å². The Labute approximate surface area is 78.2 Å². The number of carbonyl (C=O) groups is 1. The molecule has 1 N–H and O–H groups in total. The Morgan fingerprint density at radius 1 is 1.46 bits per heavy atom. The van der Waals surface area contributed by atoms with Gasteiger partial charge in [-0.05, 0) is 6.42 Å². The van der Waals surface area contributed by atoms with Crippen molar-refractivity contribution in [3.8, 4) is 0 Å². The molecule has 2 heterocycles. The van der Waals surface area contributed by atoms with E-state index in [1.165, 1.54) is 0 Å². The maximum absolute atomic E-state index is 10.9. The molecule has 74 valence electrons. The standard InChI is InChI=1S/C9H16N2O2/c12-9-2-1-8(10-9)7-11-3-5-13-6-4-11/h8H,1-7H2,(H,10,12). The van der Waals surface area contributed by atoms with Crippen molar-refractivity contribution in [1.29, 1.82) is 0 Å². The van der Waals surface area contributed by atoms with E-state index in [1.807, 2.05) is 0 Å². The van der Waals surface area contributed by atoms with Crippen LogP contribution in [-0.2, 0) is 9.53 Å². The molecule has 0 radical (unpaired) electrons. The predicted octanol–water partition coefficient (Wildman–Crippen LogP) is -0.403. The van der Waals surface area contributed by atoms with Crippen LogP contribution in [-0.4, -0.2) is 49.7 Å². The van der Waals surface area contributed by atoms with Crippen LogP contribution < -0.4 is 5.32 Å². The van der Waals surface area contributed by atoms with Crippen LogP contribution in [0, 0.1) is 0 Å². The van der Waals surface area contributed by atoms with Crippen molar-refractivity contribution in [3.63, 3.8) is 0 Å². The smallest absolute Gasteiger partial charge is 0.220 e. The number of nitrogens with one attached hydrogen (secondary N) is 1. The monoisotopic (exact) mass is 184 g/mol. The van der Waals surface area contributed by atoms with E-state index in [0.717, 1.165) is 39.3 Å². The minimum Gasteiger partial charge on any atom is -0.379 e. The van der Waals surface area contributed by atoms with Gasteiger partial charge in [-0.25, -0.2) is 0 Å². The maximum atomic E-state index is 10.9. The lowest BCUT2D eigenvalue weighted by Gasteiger charge is -2.28. The first-order valence-electron chi connectivity index (χ1n) is 4.94. The van der Waals surface area contributed by atoms with Crippen molar-refractivity contribution in [3.05, 3.63) is 0 Å². The molecule has 1 unspecified atom stereocenters. The fraction of sp³-hybridized carbons (Fsp3) is 0.889. The molecule has 2 aliphatic heterocycles. The highest BCUT2D eigenvalue weighted by Gasteiger charge is 2.23. The van der Waals surface area contributed by atoms with Crippen molar-refractivity contribution >= 4 is 5.91 Å². The number of amides is 1. The number of morpholine rings is 1. The average Bonchev–Trinajstić information content (AvgIpc) is 2.53. The largest absolute Gasteiger partial charge is 0.379 e. The highest BCUT2D eigenvalue weighted by Crippen LogP contribution is 2.09. The summed E-state index contributed by atoms with van der Waals surface area (Å²) in [5.74, 6) is 0.207. The second kappa shape index (κ2) is 4.07. The predicted molar refractivity (Wildman–Crippen MR) is 48.4 cm³/mol. The molecule has 0 aromatic rings. The number of carbonyl (C=O) groups excluding carboxylic acids is 1. The molecule has 2 saturated heterocycles. The van der Waals surface area contributed by atoms with E-state index in [2.05, 4.69) is 10.2 Å². The van der Waals surface area contributed by atoms with Crippen molar-refractivity contribution in [1.82, 2.24) is 10.2 Å². The number of ether oxygens (including phenoxy) is 1. The minimum absolute atomic E-state index is 0.207. The molecule has 13 heavy (non-hydrogen) atoms. The molecule has 4 nitrogen and oxygen atoms in total. The lowest BCUT2D eigenvalue weighted by atomic mass is 10.2. The summed E-state index contributed by atoms with van der Waals surface area (Å²) in [5.41, 5.74) is 0. The Balaban J connectivity index is 1.73. The van der Waals surface area contributed by atoms with Crippen molar-refractivity contribution in [2.45, 2.75) is 18.9 Å². The molecular formula is C9H16N2O2. The summed E-state index contributed by atoms with van der Waals surface area (Å²) in [6, 6.07) is 0.380. The molecule has 0 aromatic carbocycles. The Kier molecular flexibility index (Phi) is 2.80. The van der Waals surface area contributed by atoms with Crippen LogP contribution in [0.5, 0.6) is 0 Å². The first kappa shape index (κ1) is 8.97. The zero-order chi connectivity index (χ0) is 9.10. The second-order valence-electron chi connectivity index (χ2n) is 3.72. The van der Waals surface area contributed by atoms with Crippen molar-refractivity contribution in [2.24, 2.45) is 0 Å². The summed E-state index contributed by atoms with van der Waals surface area (Å²) in [4.78, 5) is 13.3. The van der Waals surface area contributed by atoms with Gasteiger partial charge in [-0.1, -0.05) is 0 Å². The van der Waals surface area contributed by atoms with E-state index in [1.54, 1.807) is 0 Å². The van der Waals surface area contributed by atoms with Gasteiger partial charge in [-0.2, -0.15) is 0 Å². The van der Waals surface area contributed by atoms with Gasteiger partial charge < -0.3 is 10.1 Å². The normalized spacial score (nSPS) is 30.5. The molecule has 4 heteroatoms. The molecule has 2 rings (SSSR count). The summed E-state index contributed by atoms with van der Waals surface area (Å²) < 4.78 is 5.26. The summed E-state index contributed by atoms with van der Waals surface area (Å²) in [5, 5.41) is 2.98. The molecule has 1 atom stereocenters. The number of nitrogens with zero attached hydrogens (tertiary/aromatic N) is 1. The molecule has 2 aliphatic rings. The van der Waals surface area contributed by atoms with Gasteiger partial charge in [0.15, 0.2) is 0 Å². The Bertz CT molecular complexity index is 190. The molecular weight excluding hydrogens is 168 g/mol. The lowest BCUT2D eigenvalue weighted by molar-refractivity contribution is -0.119. The van der Waals surface area contributed by atoms with Crippen LogP contribution in [0.1, 0.15) is 12.8 Å². The third-order valence-electron chi connectivity index (χ3n) is 2.67. The van der Waals surface area contributed by atoms with Gasteiger partial charge in [-0.3, -0.25) is 9.69 Å². The fourth-order valence-corrected chi connectivity index (χ4v) is 1.91. The first-order valence-corrected chi connectivity index (χ1v) is 4.94. The summed E-state index contributed by atoms with van der Waals surface area (Å²) >= 11 is 0. The quantitative estimate of drug-likeness (QED) is 0.634. The van der Waals surface area contributed by atoms with Gasteiger partial charge in [0.25, 0.3) is 0 Å². The maximum Gasteiger partial charge on any atom is 0.220 e. The highest BCUT2D eigenvalue weighted by molar-refractivity contribution is 5.78. The summed E-state index contributed by atoms with van der Waals surface area (Å²) in [6.45, 7) is 4.68. The molecule has 0 saturated carbocycles. The van der Waals surface area contributed by atoms with Crippen molar-refractivity contribution < 1.29 is 9.53 Å². The third kappa shape index (κ3) is 2.42. The SMILES string of the molecule is O=C1CCC(CN2CCOCC2)N1. The van der Waals surface area contributed by atoms with Crippen molar-refractivity contribution in [2.75, 3.05) is 32.8 Å². The molecule has 0 spiro atoms. The van der Waals surface area contributed by atoms with Gasteiger partial charge in [0.1, 0.15) is 0 Å². The van der Waals surface area contributed by atoms with Crippen LogP contribution in [0.25, 0.3) is 0 Å². The molecule has 2 fully saturated rings. The number of hydrogen-bond donors (Lipinski definition) is 1. The van der Waals surface area contributed by atoms with Gasteiger partial charge in [-0.15, -0.1) is 0 Å². The minimum atomic E-state index is 0.207. The second-order valence-corrected chi connectivity index (χ2v) is 3.72. The van der Waals surface area contributed by atoms with E-state index in [9.17, 15) is 4.79 Å². The van der Waals surface area contributed by atoms with Gasteiger partial charge in [0, 0.05) is 32.1 Å². The van der Waals surface area contributed by atoms with E-state index in [0.29, 0.717) is 12.5 Å². The summed E-state index contributed by atoms with van der Waals surface area (Å²) in [6.07, 6.45) is 1.70. The number of hydrogen-bond acceptors (Lipinski definition) is 3. The topological polar surface area (TPSA) is 41.6 Å². The fourth-order valence-electron chi connectivity index (χ4n) is 1.91. The molecule has 0 aliphatic carbocycles. The van der Waals surface area contributed by atoms with Crippen LogP contribution in [0.3, 0.4) is 0 Å². The Morgan fingerprint density at radius 2 is 2.23 bits per heavy atom. The van der Waals surface area contributed by atoms with Crippen LogP contribution >= 0.6 is 0 Å². The highest BCUT2D eigenvalue weighted by atomic mass is 16.5. The third-order valence-corrected chi connectivity index (χ3v) is 2.67. The van der Waals surface area contributed by atoms with Gasteiger partial charge >= 0.3 is 0 Å². The van der Waals surface area contributed by atoms with E-state index in [4.69, 9.17) is 4.74 Å². The average molecular weight is 184 g/mol. The van der Waals surface area contributed by atoms with E-state index >= 15 is 0 Å². The molecule has 1 amide bonds. The first-order chi connectivity index (χ1) is 6.34. The van der Waals surface area contributed by atoms with Crippen LogP contribution in [0.4, 0.5) is 0 Å². The zero-order valence-corrected chi connectivity index (χ0v) is 7.79. The van der Waals surface area contributed by atoms with E-state index in [-0.39, 0.29) is 5.91 Å². The van der Waals surface area contributed by atoms with Crippen LogP contribution in [0.2, 0.25) is 0 Å². The number of rotatable bonds is 2.